The number of nitrogens with zero attached hydrogens (tertiary/aromatic N) is 2. The maximum Gasteiger partial charge on any atom is 0.497 e. The van der Waals surface area contributed by atoms with Gasteiger partial charge in [-0.2, -0.15) is 0 Å². The van der Waals surface area contributed by atoms with Crippen molar-refractivity contribution in [1.29, 1.82) is 0 Å². The maximum atomic E-state index is 6.02. The summed E-state index contributed by atoms with van der Waals surface area (Å²) in [5.74, 6) is 0. The highest BCUT2D eigenvalue weighted by Gasteiger charge is 2.52. The summed E-state index contributed by atoms with van der Waals surface area (Å²) in [4.78, 5) is 6.32. The average Bonchev–Trinajstić information content (AvgIpc) is 2.51. The van der Waals surface area contributed by atoms with Crippen LogP contribution in [-0.2, 0) is 9.31 Å². The number of aliphatic imine (C=N–C) groups is 1. The van der Waals surface area contributed by atoms with Gasteiger partial charge < -0.3 is 14.2 Å². The van der Waals surface area contributed by atoms with Crippen LogP contribution in [0.5, 0.6) is 0 Å². The Balaban J connectivity index is 2.15. The average molecular weight is 265 g/mol. The molecule has 106 valence electrons. The van der Waals surface area contributed by atoms with E-state index in [2.05, 4.69) is 11.9 Å². The van der Waals surface area contributed by atoms with Gasteiger partial charge in [0.15, 0.2) is 6.29 Å². The Morgan fingerprint density at radius 1 is 1.32 bits per heavy atom. The number of hydrogen-bond donors (Lipinski definition) is 1. The van der Waals surface area contributed by atoms with Crippen LogP contribution in [-0.4, -0.2) is 42.3 Å². The van der Waals surface area contributed by atoms with E-state index in [1.807, 2.05) is 38.8 Å². The van der Waals surface area contributed by atoms with Crippen molar-refractivity contribution in [2.24, 2.45) is 10.7 Å². The Bertz CT molecular complexity index is 391. The van der Waals surface area contributed by atoms with Crippen molar-refractivity contribution >= 4 is 13.3 Å². The first-order valence-electron chi connectivity index (χ1n) is 6.89. The van der Waals surface area contributed by atoms with E-state index < -0.39 is 0 Å². The standard InChI is InChI=1S/C13H24BN3O2/c1-6-7-17-9-10(8-16-11(17)15)14-18-12(2,3)13(4,5)19-14/h8-9,11H,6-7,15H2,1-5H3. The molecule has 6 heteroatoms. The van der Waals surface area contributed by atoms with Gasteiger partial charge in [-0.15, -0.1) is 0 Å². The van der Waals surface area contributed by atoms with Gasteiger partial charge in [-0.05, 0) is 34.1 Å². The highest BCUT2D eigenvalue weighted by Crippen LogP contribution is 2.38. The lowest BCUT2D eigenvalue weighted by atomic mass is 9.79. The molecule has 1 fully saturated rings. The first kappa shape index (κ1) is 14.6. The van der Waals surface area contributed by atoms with E-state index in [-0.39, 0.29) is 24.6 Å². The van der Waals surface area contributed by atoms with Crippen LogP contribution in [0.25, 0.3) is 0 Å². The second-order valence-corrected chi connectivity index (χ2v) is 6.15. The van der Waals surface area contributed by atoms with Crippen LogP contribution in [0.1, 0.15) is 41.0 Å². The summed E-state index contributed by atoms with van der Waals surface area (Å²) in [6.45, 7) is 11.2. The second-order valence-electron chi connectivity index (χ2n) is 6.15. The van der Waals surface area contributed by atoms with E-state index in [1.165, 1.54) is 0 Å². The van der Waals surface area contributed by atoms with Crippen LogP contribution >= 0.6 is 0 Å². The van der Waals surface area contributed by atoms with Gasteiger partial charge in [-0.3, -0.25) is 10.7 Å². The Morgan fingerprint density at radius 2 is 1.89 bits per heavy atom. The third-order valence-electron chi connectivity index (χ3n) is 4.04. The molecule has 0 saturated carbocycles. The van der Waals surface area contributed by atoms with Crippen LogP contribution in [0.15, 0.2) is 16.7 Å². The van der Waals surface area contributed by atoms with E-state index in [4.69, 9.17) is 15.0 Å². The van der Waals surface area contributed by atoms with E-state index >= 15 is 0 Å². The number of rotatable bonds is 3. The van der Waals surface area contributed by atoms with Gasteiger partial charge in [0.05, 0.1) is 11.2 Å². The molecule has 0 spiro atoms. The van der Waals surface area contributed by atoms with E-state index in [0.29, 0.717) is 0 Å². The zero-order valence-electron chi connectivity index (χ0n) is 12.5. The van der Waals surface area contributed by atoms with Crippen molar-refractivity contribution in [2.45, 2.75) is 58.5 Å². The van der Waals surface area contributed by atoms with Gasteiger partial charge in [0.25, 0.3) is 0 Å². The monoisotopic (exact) mass is 265 g/mol. The number of allylic oxidation sites excluding steroid dienone is 1. The molecule has 0 aromatic carbocycles. The highest BCUT2D eigenvalue weighted by molar-refractivity contribution is 6.60. The lowest BCUT2D eigenvalue weighted by Crippen LogP contribution is -2.41. The summed E-state index contributed by atoms with van der Waals surface area (Å²) in [7, 11) is -0.374. The number of nitrogens with two attached hydrogens (primary N) is 1. The second kappa shape index (κ2) is 4.92. The van der Waals surface area contributed by atoms with Crippen molar-refractivity contribution in [1.82, 2.24) is 4.90 Å². The van der Waals surface area contributed by atoms with Crippen LogP contribution in [0, 0.1) is 0 Å². The largest absolute Gasteiger partial charge is 0.497 e. The van der Waals surface area contributed by atoms with Gasteiger partial charge in [-0.1, -0.05) is 6.92 Å². The molecule has 0 aliphatic carbocycles. The molecule has 1 unspecified atom stereocenters. The summed E-state index contributed by atoms with van der Waals surface area (Å²) >= 11 is 0. The smallest absolute Gasteiger partial charge is 0.399 e. The first-order valence-corrected chi connectivity index (χ1v) is 6.89. The van der Waals surface area contributed by atoms with Crippen molar-refractivity contribution < 1.29 is 9.31 Å². The molecule has 0 aromatic heterocycles. The van der Waals surface area contributed by atoms with E-state index in [0.717, 1.165) is 18.4 Å². The number of hydrogen-bond acceptors (Lipinski definition) is 5. The fourth-order valence-corrected chi connectivity index (χ4v) is 2.11. The maximum absolute atomic E-state index is 6.02. The summed E-state index contributed by atoms with van der Waals surface area (Å²) in [6.07, 6.45) is 4.49. The van der Waals surface area contributed by atoms with Gasteiger partial charge >= 0.3 is 7.12 Å². The summed E-state index contributed by atoms with van der Waals surface area (Å²) in [5, 5.41) is 0. The minimum atomic E-state index is -0.374. The molecule has 2 N–H and O–H groups in total. The van der Waals surface area contributed by atoms with Crippen molar-refractivity contribution in [3.8, 4) is 0 Å². The summed E-state index contributed by atoms with van der Waals surface area (Å²) in [5.41, 5.74) is 6.20. The fourth-order valence-electron chi connectivity index (χ4n) is 2.11. The molecular formula is C13H24BN3O2. The summed E-state index contributed by atoms with van der Waals surface area (Å²) in [6, 6.07) is 0. The van der Waals surface area contributed by atoms with Crippen LogP contribution in [0.3, 0.4) is 0 Å². The lowest BCUT2D eigenvalue weighted by Gasteiger charge is -2.32. The third-order valence-corrected chi connectivity index (χ3v) is 4.04. The molecule has 0 radical (unpaired) electrons. The topological polar surface area (TPSA) is 60.1 Å². The predicted octanol–water partition coefficient (Wildman–Crippen LogP) is 1.54. The normalized spacial score (nSPS) is 28.7. The molecule has 2 aliphatic heterocycles. The van der Waals surface area contributed by atoms with Crippen LogP contribution in [0.2, 0.25) is 0 Å². The predicted molar refractivity (Wildman–Crippen MR) is 77.6 cm³/mol. The Hall–Kier alpha value is -0.845. The molecule has 19 heavy (non-hydrogen) atoms. The molecule has 1 atom stereocenters. The first-order chi connectivity index (χ1) is 8.77. The van der Waals surface area contributed by atoms with Gasteiger partial charge in [0.1, 0.15) is 0 Å². The molecule has 0 bridgehead atoms. The Morgan fingerprint density at radius 3 is 2.42 bits per heavy atom. The molecule has 2 rings (SSSR count). The zero-order chi connectivity index (χ0) is 14.3. The van der Waals surface area contributed by atoms with E-state index in [1.54, 1.807) is 6.21 Å². The molecule has 2 heterocycles. The lowest BCUT2D eigenvalue weighted by molar-refractivity contribution is 0.00578. The minimum Gasteiger partial charge on any atom is -0.399 e. The fraction of sp³-hybridized carbons (Fsp3) is 0.769. The molecular weight excluding hydrogens is 241 g/mol. The zero-order valence-corrected chi connectivity index (χ0v) is 12.5. The van der Waals surface area contributed by atoms with Crippen molar-refractivity contribution in [3.63, 3.8) is 0 Å². The Kier molecular flexibility index (Phi) is 3.77. The SMILES string of the molecule is CCCN1C=C(B2OC(C)(C)C(C)(C)O2)C=NC1N. The van der Waals surface area contributed by atoms with Crippen molar-refractivity contribution in [3.05, 3.63) is 11.7 Å². The van der Waals surface area contributed by atoms with Gasteiger partial charge in [-0.25, -0.2) is 0 Å². The van der Waals surface area contributed by atoms with Crippen LogP contribution in [0.4, 0.5) is 0 Å². The van der Waals surface area contributed by atoms with Crippen LogP contribution < -0.4 is 5.73 Å². The third kappa shape index (κ3) is 2.71. The van der Waals surface area contributed by atoms with Gasteiger partial charge in [0.2, 0.25) is 0 Å². The molecule has 5 nitrogen and oxygen atoms in total. The van der Waals surface area contributed by atoms with Gasteiger partial charge in [0, 0.05) is 24.4 Å². The quantitative estimate of drug-likeness (QED) is 0.786. The molecule has 1 saturated heterocycles. The van der Waals surface area contributed by atoms with E-state index in [9.17, 15) is 0 Å². The van der Waals surface area contributed by atoms with Crippen molar-refractivity contribution in [2.75, 3.05) is 6.54 Å². The molecule has 0 amide bonds. The summed E-state index contributed by atoms with van der Waals surface area (Å²) < 4.78 is 12.0. The Labute approximate surface area is 116 Å². The highest BCUT2D eigenvalue weighted by atomic mass is 16.7. The molecule has 2 aliphatic rings. The molecule has 0 aromatic rings. The minimum absolute atomic E-state index is 0.300.